The average Bonchev–Trinajstić information content (AvgIpc) is 3.17. The number of H-pyrrole nitrogens is 1. The van der Waals surface area contributed by atoms with Gasteiger partial charge in [-0.1, -0.05) is 29.8 Å². The first-order valence-corrected chi connectivity index (χ1v) is 9.06. The van der Waals surface area contributed by atoms with Gasteiger partial charge in [0.2, 0.25) is 0 Å². The summed E-state index contributed by atoms with van der Waals surface area (Å²) in [5.74, 6) is 0.741. The van der Waals surface area contributed by atoms with E-state index in [0.29, 0.717) is 33.3 Å². The number of methoxy groups -OCH3 is 1. The second-order valence-electron chi connectivity index (χ2n) is 6.18. The third-order valence-corrected chi connectivity index (χ3v) is 4.69. The average molecular weight is 393 g/mol. The van der Waals surface area contributed by atoms with E-state index in [0.717, 1.165) is 10.9 Å². The van der Waals surface area contributed by atoms with E-state index < -0.39 is 0 Å². The number of aromatic nitrogens is 2. The molecule has 0 saturated heterocycles. The molecule has 2 heterocycles. The van der Waals surface area contributed by atoms with E-state index in [1.165, 1.54) is 0 Å². The number of hydrogen-bond donors (Lipinski definition) is 1. The highest BCUT2D eigenvalue weighted by molar-refractivity contribution is 6.30. The predicted molar refractivity (Wildman–Crippen MR) is 108 cm³/mol. The number of carbonyl (C=O) groups is 1. The van der Waals surface area contributed by atoms with Gasteiger partial charge < -0.3 is 14.5 Å². The van der Waals surface area contributed by atoms with Gasteiger partial charge in [-0.15, -0.1) is 0 Å². The SMILES string of the molecule is COc1cccc(C(=O)c2c[nH]c3ncccc23)c1OCc1ccc(Cl)cc1. The van der Waals surface area contributed by atoms with Crippen LogP contribution in [0.1, 0.15) is 21.5 Å². The number of ketones is 1. The van der Waals surface area contributed by atoms with Gasteiger partial charge in [0.25, 0.3) is 0 Å². The molecule has 0 aliphatic carbocycles. The fraction of sp³-hybridized carbons (Fsp3) is 0.0909. The largest absolute Gasteiger partial charge is 0.493 e. The van der Waals surface area contributed by atoms with Crippen LogP contribution in [0.15, 0.2) is 67.0 Å². The van der Waals surface area contributed by atoms with Crippen LogP contribution in [0, 0.1) is 0 Å². The zero-order valence-electron chi connectivity index (χ0n) is 15.1. The highest BCUT2D eigenvalue weighted by Crippen LogP contribution is 2.34. The Balaban J connectivity index is 1.70. The van der Waals surface area contributed by atoms with E-state index in [9.17, 15) is 4.79 Å². The highest BCUT2D eigenvalue weighted by atomic mass is 35.5. The van der Waals surface area contributed by atoms with Crippen molar-refractivity contribution >= 4 is 28.4 Å². The molecule has 0 atom stereocenters. The van der Waals surface area contributed by atoms with Crippen molar-refractivity contribution in [2.75, 3.05) is 7.11 Å². The Morgan fingerprint density at radius 2 is 1.89 bits per heavy atom. The van der Waals surface area contributed by atoms with Gasteiger partial charge in [-0.3, -0.25) is 4.79 Å². The van der Waals surface area contributed by atoms with Gasteiger partial charge >= 0.3 is 0 Å². The number of pyridine rings is 1. The van der Waals surface area contributed by atoms with E-state index in [4.69, 9.17) is 21.1 Å². The van der Waals surface area contributed by atoms with E-state index in [-0.39, 0.29) is 12.4 Å². The van der Waals surface area contributed by atoms with Crippen LogP contribution < -0.4 is 9.47 Å². The van der Waals surface area contributed by atoms with Crippen LogP contribution in [0.25, 0.3) is 11.0 Å². The van der Waals surface area contributed by atoms with Crippen molar-refractivity contribution in [1.29, 1.82) is 0 Å². The maximum atomic E-state index is 13.3. The van der Waals surface area contributed by atoms with Gasteiger partial charge in [-0.05, 0) is 42.0 Å². The molecule has 2 aromatic carbocycles. The number of fused-ring (bicyclic) bond motifs is 1. The van der Waals surface area contributed by atoms with Crippen LogP contribution in [-0.2, 0) is 6.61 Å². The normalized spacial score (nSPS) is 10.8. The number of ether oxygens (including phenoxy) is 2. The van der Waals surface area contributed by atoms with Crippen LogP contribution in [0.4, 0.5) is 0 Å². The Hall–Kier alpha value is -3.31. The predicted octanol–water partition coefficient (Wildman–Crippen LogP) is 5.03. The summed E-state index contributed by atoms with van der Waals surface area (Å²) in [4.78, 5) is 20.5. The molecule has 0 fully saturated rings. The van der Waals surface area contributed by atoms with Crippen LogP contribution in [0.5, 0.6) is 11.5 Å². The van der Waals surface area contributed by atoms with Crippen molar-refractivity contribution in [2.45, 2.75) is 6.61 Å². The standard InChI is InChI=1S/C22H17ClN2O3/c1-27-19-6-2-4-17(21(19)28-13-14-7-9-15(23)10-8-14)20(26)18-12-25-22-16(18)5-3-11-24-22/h2-12H,13H2,1H3,(H,24,25). The topological polar surface area (TPSA) is 64.2 Å². The zero-order chi connectivity index (χ0) is 19.5. The lowest BCUT2D eigenvalue weighted by molar-refractivity contribution is 0.103. The summed E-state index contributed by atoms with van der Waals surface area (Å²) in [6.07, 6.45) is 3.35. The maximum absolute atomic E-state index is 13.3. The number of nitrogens with zero attached hydrogens (tertiary/aromatic N) is 1. The number of nitrogens with one attached hydrogen (secondary N) is 1. The van der Waals surface area contributed by atoms with Crippen molar-refractivity contribution in [2.24, 2.45) is 0 Å². The summed E-state index contributed by atoms with van der Waals surface area (Å²) in [7, 11) is 1.55. The molecule has 0 aliphatic rings. The monoisotopic (exact) mass is 392 g/mol. The molecule has 2 aromatic heterocycles. The zero-order valence-corrected chi connectivity index (χ0v) is 15.9. The maximum Gasteiger partial charge on any atom is 0.199 e. The van der Waals surface area contributed by atoms with E-state index in [1.54, 1.807) is 55.9 Å². The lowest BCUT2D eigenvalue weighted by Gasteiger charge is -2.14. The first-order valence-electron chi connectivity index (χ1n) is 8.68. The fourth-order valence-electron chi connectivity index (χ4n) is 3.03. The Bertz CT molecular complexity index is 1140. The molecule has 0 spiro atoms. The highest BCUT2D eigenvalue weighted by Gasteiger charge is 2.21. The van der Waals surface area contributed by atoms with Crippen LogP contribution >= 0.6 is 11.6 Å². The molecule has 28 heavy (non-hydrogen) atoms. The summed E-state index contributed by atoms with van der Waals surface area (Å²) < 4.78 is 11.4. The Morgan fingerprint density at radius 3 is 2.68 bits per heavy atom. The van der Waals surface area contributed by atoms with Gasteiger partial charge in [-0.25, -0.2) is 4.98 Å². The van der Waals surface area contributed by atoms with Crippen molar-refractivity contribution in [3.63, 3.8) is 0 Å². The molecular weight excluding hydrogens is 376 g/mol. The quantitative estimate of drug-likeness (QED) is 0.467. The summed E-state index contributed by atoms with van der Waals surface area (Å²) in [5, 5.41) is 1.42. The summed E-state index contributed by atoms with van der Waals surface area (Å²) in [6.45, 7) is 0.285. The third kappa shape index (κ3) is 3.44. The minimum Gasteiger partial charge on any atom is -0.493 e. The van der Waals surface area contributed by atoms with Gasteiger partial charge in [0, 0.05) is 28.4 Å². The number of hydrogen-bond acceptors (Lipinski definition) is 4. The molecule has 4 aromatic rings. The van der Waals surface area contributed by atoms with E-state index >= 15 is 0 Å². The third-order valence-electron chi connectivity index (χ3n) is 4.44. The second kappa shape index (κ2) is 7.74. The van der Waals surface area contributed by atoms with Crippen LogP contribution in [-0.4, -0.2) is 22.9 Å². The van der Waals surface area contributed by atoms with Crippen molar-refractivity contribution in [3.05, 3.63) is 88.7 Å². The molecule has 0 bridgehead atoms. The minimum absolute atomic E-state index is 0.163. The number of benzene rings is 2. The van der Waals surface area contributed by atoms with Gasteiger partial charge in [-0.2, -0.15) is 0 Å². The molecule has 1 N–H and O–H groups in total. The van der Waals surface area contributed by atoms with Gasteiger partial charge in [0.15, 0.2) is 17.3 Å². The Morgan fingerprint density at radius 1 is 1.07 bits per heavy atom. The molecule has 0 saturated carbocycles. The number of para-hydroxylation sites is 1. The minimum atomic E-state index is -0.163. The lowest BCUT2D eigenvalue weighted by atomic mass is 10.0. The van der Waals surface area contributed by atoms with Crippen LogP contribution in [0.2, 0.25) is 5.02 Å². The molecule has 4 rings (SSSR count). The van der Waals surface area contributed by atoms with Crippen LogP contribution in [0.3, 0.4) is 0 Å². The molecule has 0 amide bonds. The first-order chi connectivity index (χ1) is 13.7. The summed E-state index contributed by atoms with van der Waals surface area (Å²) in [5.41, 5.74) is 2.56. The molecule has 5 nitrogen and oxygen atoms in total. The molecule has 140 valence electrons. The number of halogens is 1. The van der Waals surface area contributed by atoms with Crippen molar-refractivity contribution < 1.29 is 14.3 Å². The molecule has 6 heteroatoms. The number of carbonyl (C=O) groups excluding carboxylic acids is 1. The van der Waals surface area contributed by atoms with Gasteiger partial charge in [0.1, 0.15) is 12.3 Å². The first kappa shape index (κ1) is 18.1. The summed E-state index contributed by atoms with van der Waals surface area (Å²) >= 11 is 5.93. The Kier molecular flexibility index (Phi) is 5.00. The fourth-order valence-corrected chi connectivity index (χ4v) is 3.16. The smallest absolute Gasteiger partial charge is 0.199 e. The molecule has 0 unspecified atom stereocenters. The Labute approximate surface area is 166 Å². The lowest BCUT2D eigenvalue weighted by Crippen LogP contribution is -2.07. The number of aromatic amines is 1. The van der Waals surface area contributed by atoms with E-state index in [1.807, 2.05) is 18.2 Å². The van der Waals surface area contributed by atoms with Crippen molar-refractivity contribution in [3.8, 4) is 11.5 Å². The van der Waals surface area contributed by atoms with Crippen molar-refractivity contribution in [1.82, 2.24) is 9.97 Å². The summed E-state index contributed by atoms with van der Waals surface area (Å²) in [6, 6.07) is 16.3. The molecule has 0 aliphatic heterocycles. The second-order valence-corrected chi connectivity index (χ2v) is 6.62. The van der Waals surface area contributed by atoms with Gasteiger partial charge in [0.05, 0.1) is 12.7 Å². The van der Waals surface area contributed by atoms with E-state index in [2.05, 4.69) is 9.97 Å². The molecular formula is C22H17ClN2O3. The number of rotatable bonds is 6. The molecule has 0 radical (unpaired) electrons.